The van der Waals surface area contributed by atoms with Crippen molar-refractivity contribution in [2.24, 2.45) is 5.92 Å². The number of nitrogens with zero attached hydrogens (tertiary/aromatic N) is 2. The highest BCUT2D eigenvalue weighted by atomic mass is 32.1. The summed E-state index contributed by atoms with van der Waals surface area (Å²) in [7, 11) is 0. The van der Waals surface area contributed by atoms with Crippen LogP contribution in [0.4, 0.5) is 5.13 Å². The van der Waals surface area contributed by atoms with Gasteiger partial charge in [-0.15, -0.1) is 10.2 Å². The van der Waals surface area contributed by atoms with Crippen LogP contribution in [0.5, 0.6) is 0 Å². The molecule has 2 aromatic rings. The number of nitrogens with one attached hydrogen (secondary N) is 2. The molecular formula is C19H26N4O2S. The third-order valence-electron chi connectivity index (χ3n) is 4.21. The minimum Gasteiger partial charge on any atom is -0.344 e. The zero-order valence-electron chi connectivity index (χ0n) is 15.7. The fraction of sp³-hybridized carbons (Fsp3) is 0.474. The minimum atomic E-state index is -0.578. The van der Waals surface area contributed by atoms with Crippen molar-refractivity contribution in [3.05, 3.63) is 29.8 Å². The van der Waals surface area contributed by atoms with Crippen LogP contribution < -0.4 is 10.6 Å². The van der Waals surface area contributed by atoms with Gasteiger partial charge in [-0.2, -0.15) is 0 Å². The number of amides is 2. The van der Waals surface area contributed by atoms with E-state index in [0.717, 1.165) is 29.0 Å². The van der Waals surface area contributed by atoms with Crippen LogP contribution in [-0.2, 0) is 9.59 Å². The van der Waals surface area contributed by atoms with Gasteiger partial charge in [0.15, 0.2) is 0 Å². The van der Waals surface area contributed by atoms with E-state index in [0.29, 0.717) is 11.6 Å². The van der Waals surface area contributed by atoms with E-state index < -0.39 is 6.04 Å². The minimum absolute atomic E-state index is 0.0278. The number of carbonyl (C=O) groups excluding carboxylic acids is 2. The zero-order valence-corrected chi connectivity index (χ0v) is 16.5. The van der Waals surface area contributed by atoms with Crippen molar-refractivity contribution in [3.63, 3.8) is 0 Å². The van der Waals surface area contributed by atoms with E-state index in [2.05, 4.69) is 20.8 Å². The molecule has 2 amide bonds. The predicted octanol–water partition coefficient (Wildman–Crippen LogP) is 3.78. The summed E-state index contributed by atoms with van der Waals surface area (Å²) in [6.45, 7) is 7.90. The lowest BCUT2D eigenvalue weighted by atomic mass is 9.98. The van der Waals surface area contributed by atoms with E-state index in [1.165, 1.54) is 11.3 Å². The molecule has 2 unspecified atom stereocenters. The Bertz CT molecular complexity index is 760. The lowest BCUT2D eigenvalue weighted by molar-refractivity contribution is -0.127. The normalized spacial score (nSPS) is 13.1. The first-order valence-electron chi connectivity index (χ1n) is 8.95. The lowest BCUT2D eigenvalue weighted by Crippen LogP contribution is -2.47. The molecule has 2 rings (SSSR count). The molecule has 0 saturated carbocycles. The Morgan fingerprint density at radius 2 is 2.00 bits per heavy atom. The summed E-state index contributed by atoms with van der Waals surface area (Å²) < 4.78 is 0. The fourth-order valence-electron chi connectivity index (χ4n) is 2.53. The van der Waals surface area contributed by atoms with Crippen molar-refractivity contribution in [2.45, 2.75) is 53.0 Å². The molecule has 2 N–H and O–H groups in total. The molecule has 2 atom stereocenters. The standard InChI is InChI=1S/C19H26N4O2S/c1-5-8-15(24)20-16(13(4)6-2)17(25)21-19-23-22-18(26-19)14-10-7-9-12(3)11-14/h7,9-11,13,16H,5-6,8H2,1-4H3,(H,20,24)(H,21,23,25). The average molecular weight is 375 g/mol. The predicted molar refractivity (Wildman–Crippen MR) is 105 cm³/mol. The number of hydrogen-bond acceptors (Lipinski definition) is 5. The van der Waals surface area contributed by atoms with Crippen molar-refractivity contribution in [2.75, 3.05) is 5.32 Å². The lowest BCUT2D eigenvalue weighted by Gasteiger charge is -2.22. The summed E-state index contributed by atoms with van der Waals surface area (Å²) in [5.41, 5.74) is 2.11. The Kier molecular flexibility index (Phi) is 7.26. The Morgan fingerprint density at radius 1 is 1.23 bits per heavy atom. The Labute approximate surface area is 158 Å². The van der Waals surface area contributed by atoms with Crippen LogP contribution in [-0.4, -0.2) is 28.1 Å². The second-order valence-electron chi connectivity index (χ2n) is 6.45. The van der Waals surface area contributed by atoms with Crippen LogP contribution in [0.15, 0.2) is 24.3 Å². The Hall–Kier alpha value is -2.28. The average Bonchev–Trinajstić information content (AvgIpc) is 3.07. The number of hydrogen-bond donors (Lipinski definition) is 2. The van der Waals surface area contributed by atoms with Gasteiger partial charge in [0.25, 0.3) is 0 Å². The van der Waals surface area contributed by atoms with Crippen LogP contribution in [0.1, 0.15) is 45.6 Å². The van der Waals surface area contributed by atoms with E-state index in [-0.39, 0.29) is 17.7 Å². The maximum Gasteiger partial charge on any atom is 0.249 e. The molecule has 0 aliphatic carbocycles. The largest absolute Gasteiger partial charge is 0.344 e. The van der Waals surface area contributed by atoms with Crippen LogP contribution in [0.3, 0.4) is 0 Å². The maximum absolute atomic E-state index is 12.7. The van der Waals surface area contributed by atoms with Crippen LogP contribution in [0.2, 0.25) is 0 Å². The Morgan fingerprint density at radius 3 is 2.65 bits per heavy atom. The maximum atomic E-state index is 12.7. The third-order valence-corrected chi connectivity index (χ3v) is 5.10. The van der Waals surface area contributed by atoms with E-state index >= 15 is 0 Å². The summed E-state index contributed by atoms with van der Waals surface area (Å²) in [4.78, 5) is 24.6. The van der Waals surface area contributed by atoms with Gasteiger partial charge in [0.2, 0.25) is 16.9 Å². The Balaban J connectivity index is 2.10. The van der Waals surface area contributed by atoms with Gasteiger partial charge in [-0.3, -0.25) is 14.9 Å². The van der Waals surface area contributed by atoms with Gasteiger partial charge in [0, 0.05) is 12.0 Å². The monoisotopic (exact) mass is 374 g/mol. The number of carbonyl (C=O) groups is 2. The molecule has 0 bridgehead atoms. The summed E-state index contributed by atoms with van der Waals surface area (Å²) >= 11 is 1.32. The van der Waals surface area contributed by atoms with E-state index in [1.54, 1.807) is 0 Å². The topological polar surface area (TPSA) is 84.0 Å². The van der Waals surface area contributed by atoms with Crippen LogP contribution in [0.25, 0.3) is 10.6 Å². The van der Waals surface area contributed by atoms with E-state index in [1.807, 2.05) is 52.0 Å². The molecule has 1 aromatic heterocycles. The highest BCUT2D eigenvalue weighted by Gasteiger charge is 2.26. The molecule has 7 heteroatoms. The first-order valence-corrected chi connectivity index (χ1v) is 9.77. The quantitative estimate of drug-likeness (QED) is 0.736. The van der Waals surface area contributed by atoms with Crippen molar-refractivity contribution in [1.82, 2.24) is 15.5 Å². The molecule has 0 fully saturated rings. The SMILES string of the molecule is CCCC(=O)NC(C(=O)Nc1nnc(-c2cccc(C)c2)s1)C(C)CC. The van der Waals surface area contributed by atoms with Gasteiger partial charge >= 0.3 is 0 Å². The summed E-state index contributed by atoms with van der Waals surface area (Å²) in [6, 6.07) is 7.39. The van der Waals surface area contributed by atoms with Crippen molar-refractivity contribution in [1.29, 1.82) is 0 Å². The van der Waals surface area contributed by atoms with Gasteiger partial charge in [-0.1, -0.05) is 62.3 Å². The smallest absolute Gasteiger partial charge is 0.249 e. The molecule has 0 aliphatic rings. The summed E-state index contributed by atoms with van der Waals surface area (Å²) in [5.74, 6) is -0.332. The second-order valence-corrected chi connectivity index (χ2v) is 7.43. The van der Waals surface area contributed by atoms with Gasteiger partial charge in [-0.05, 0) is 25.3 Å². The number of anilines is 1. The second kappa shape index (κ2) is 9.43. The molecule has 26 heavy (non-hydrogen) atoms. The first-order chi connectivity index (χ1) is 12.4. The highest BCUT2D eigenvalue weighted by molar-refractivity contribution is 7.18. The van der Waals surface area contributed by atoms with Gasteiger partial charge in [0.1, 0.15) is 11.0 Å². The first kappa shape index (κ1) is 20.0. The number of rotatable bonds is 8. The summed E-state index contributed by atoms with van der Waals surface area (Å²) in [5, 5.41) is 15.1. The molecule has 1 aromatic carbocycles. The van der Waals surface area contributed by atoms with Gasteiger partial charge in [0.05, 0.1) is 0 Å². The third kappa shape index (κ3) is 5.36. The van der Waals surface area contributed by atoms with E-state index in [4.69, 9.17) is 0 Å². The molecule has 6 nitrogen and oxygen atoms in total. The van der Waals surface area contributed by atoms with E-state index in [9.17, 15) is 9.59 Å². The van der Waals surface area contributed by atoms with Crippen molar-refractivity contribution < 1.29 is 9.59 Å². The fourth-order valence-corrected chi connectivity index (χ4v) is 3.27. The zero-order chi connectivity index (χ0) is 19.1. The van der Waals surface area contributed by atoms with Crippen molar-refractivity contribution >= 4 is 28.3 Å². The van der Waals surface area contributed by atoms with Gasteiger partial charge < -0.3 is 5.32 Å². The number of aromatic nitrogens is 2. The molecule has 0 aliphatic heterocycles. The summed E-state index contributed by atoms with van der Waals surface area (Å²) in [6.07, 6.45) is 1.95. The van der Waals surface area contributed by atoms with Crippen LogP contribution in [0, 0.1) is 12.8 Å². The highest BCUT2D eigenvalue weighted by Crippen LogP contribution is 2.27. The van der Waals surface area contributed by atoms with Crippen molar-refractivity contribution in [3.8, 4) is 10.6 Å². The molecule has 0 saturated heterocycles. The molecule has 140 valence electrons. The molecule has 1 heterocycles. The number of benzene rings is 1. The number of aryl methyl sites for hydroxylation is 1. The molecular weight excluding hydrogens is 348 g/mol. The molecule has 0 radical (unpaired) electrons. The van der Waals surface area contributed by atoms with Crippen LogP contribution >= 0.6 is 11.3 Å². The molecule has 0 spiro atoms. The van der Waals surface area contributed by atoms with Gasteiger partial charge in [-0.25, -0.2) is 0 Å².